The Hall–Kier alpha value is -2.77. The average Bonchev–Trinajstić information content (AvgIpc) is 2.89. The highest BCUT2D eigenvalue weighted by atomic mass is 32.4. The van der Waals surface area contributed by atoms with Crippen LogP contribution >= 0.6 is 6.19 Å². The van der Waals surface area contributed by atoms with Crippen LogP contribution in [0.25, 0.3) is 11.6 Å². The lowest BCUT2D eigenvalue weighted by atomic mass is 9.95. The van der Waals surface area contributed by atoms with Crippen molar-refractivity contribution in [3.05, 3.63) is 132 Å². The van der Waals surface area contributed by atoms with Gasteiger partial charge in [0.2, 0.25) is 0 Å². The summed E-state index contributed by atoms with van der Waals surface area (Å²) < 4.78 is 2.49. The molecule has 3 heteroatoms. The summed E-state index contributed by atoms with van der Waals surface area (Å²) in [6.07, 6.45) is 0.0677. The van der Waals surface area contributed by atoms with Gasteiger partial charge in [-0.1, -0.05) is 141 Å². The fraction of sp³-hybridized carbons (Fsp3) is 0.133. The van der Waals surface area contributed by atoms with E-state index in [-0.39, 0.29) is 0 Å². The van der Waals surface area contributed by atoms with E-state index in [9.17, 15) is 0 Å². The smallest absolute Gasteiger partial charge is 0.0715 e. The third-order valence-corrected chi connectivity index (χ3v) is 11.3. The van der Waals surface area contributed by atoms with Crippen LogP contribution in [-0.2, 0) is 11.8 Å². The van der Waals surface area contributed by atoms with Crippen LogP contribution in [0.2, 0.25) is 0 Å². The zero-order chi connectivity index (χ0) is 23.1. The number of rotatable bonds is 8. The van der Waals surface area contributed by atoms with Crippen LogP contribution in [0.15, 0.2) is 115 Å². The molecule has 0 aliphatic rings. The van der Waals surface area contributed by atoms with Crippen molar-refractivity contribution in [3.8, 4) is 0 Å². The quantitative estimate of drug-likeness (QED) is 0.203. The number of hydrogen-bond donors (Lipinski definition) is 0. The second-order valence-corrected chi connectivity index (χ2v) is 12.2. The molecule has 0 heterocycles. The van der Waals surface area contributed by atoms with Gasteiger partial charge in [0.05, 0.1) is 6.19 Å². The Morgan fingerprint density at radius 1 is 0.697 bits per heavy atom. The van der Waals surface area contributed by atoms with Gasteiger partial charge in [-0.05, 0) is 28.3 Å². The number of nitrogens with zero attached hydrogens (tertiary/aromatic N) is 1. The molecule has 4 aromatic rings. The molecule has 0 amide bonds. The highest BCUT2D eigenvalue weighted by molar-refractivity contribution is 8.20. The molecule has 0 saturated carbocycles. The summed E-state index contributed by atoms with van der Waals surface area (Å²) in [6, 6.07) is 40.7. The Morgan fingerprint density at radius 3 is 1.82 bits per heavy atom. The average molecular weight is 468 g/mol. The molecule has 4 rings (SSSR count). The number of hydrogen-bond acceptors (Lipinski definition) is 1. The molecule has 0 radical (unpaired) electrons. The molecule has 1 nitrogen and oxygen atoms in total. The van der Waals surface area contributed by atoms with Crippen LogP contribution in [0.5, 0.6) is 0 Å². The van der Waals surface area contributed by atoms with Crippen LogP contribution in [0.4, 0.5) is 0 Å². The Balaban J connectivity index is 2.01. The summed E-state index contributed by atoms with van der Waals surface area (Å²) >= 11 is 6.69. The van der Waals surface area contributed by atoms with Gasteiger partial charge in [0.25, 0.3) is 0 Å². The van der Waals surface area contributed by atoms with Gasteiger partial charge in [0.1, 0.15) is 0 Å². The third-order valence-electron chi connectivity index (χ3n) is 5.95. The Labute approximate surface area is 203 Å². The van der Waals surface area contributed by atoms with Crippen LogP contribution in [0, 0.1) is 0 Å². The molecule has 0 fully saturated rings. The molecule has 0 N–H and O–H groups in total. The minimum absolute atomic E-state index is 0.917. The van der Waals surface area contributed by atoms with E-state index in [1.807, 2.05) is 0 Å². The van der Waals surface area contributed by atoms with Crippen LogP contribution in [0.1, 0.15) is 30.5 Å². The lowest BCUT2D eigenvalue weighted by Crippen LogP contribution is -2.33. The fourth-order valence-corrected chi connectivity index (χ4v) is 8.95. The minimum atomic E-state index is -2.23. The van der Waals surface area contributed by atoms with Crippen molar-refractivity contribution in [2.24, 2.45) is 0 Å². The van der Waals surface area contributed by atoms with E-state index in [1.54, 1.807) is 0 Å². The molecule has 0 spiro atoms. The van der Waals surface area contributed by atoms with Crippen molar-refractivity contribution in [1.82, 2.24) is 4.67 Å². The normalized spacial score (nSPS) is 13.6. The van der Waals surface area contributed by atoms with Crippen LogP contribution in [0.3, 0.4) is 0 Å². The molecule has 0 aromatic heterocycles. The summed E-state index contributed by atoms with van der Waals surface area (Å²) in [6.45, 7) is 6.27. The highest BCUT2D eigenvalue weighted by Crippen LogP contribution is 2.49. The monoisotopic (exact) mass is 467 g/mol. The predicted molar refractivity (Wildman–Crippen MR) is 149 cm³/mol. The molecular formula is C30H30NPS. The second kappa shape index (κ2) is 10.9. The van der Waals surface area contributed by atoms with E-state index >= 15 is 0 Å². The van der Waals surface area contributed by atoms with Crippen molar-refractivity contribution in [2.45, 2.75) is 13.8 Å². The van der Waals surface area contributed by atoms with Crippen molar-refractivity contribution in [3.63, 3.8) is 0 Å². The lowest BCUT2D eigenvalue weighted by Gasteiger charge is -2.36. The summed E-state index contributed by atoms with van der Waals surface area (Å²) in [5.74, 6) is 0. The Bertz CT molecular complexity index is 1250. The van der Waals surface area contributed by atoms with E-state index in [0.717, 1.165) is 13.1 Å². The molecule has 0 aliphatic heterocycles. The molecule has 0 bridgehead atoms. The van der Waals surface area contributed by atoms with Gasteiger partial charge in [0.15, 0.2) is 0 Å². The van der Waals surface area contributed by atoms with Crippen molar-refractivity contribution < 1.29 is 0 Å². The Kier molecular flexibility index (Phi) is 7.73. The maximum Gasteiger partial charge on any atom is 0.0715 e. The summed E-state index contributed by atoms with van der Waals surface area (Å²) in [5, 5.41) is 2.49. The highest BCUT2D eigenvalue weighted by Gasteiger charge is 2.31. The third kappa shape index (κ3) is 4.94. The zero-order valence-electron chi connectivity index (χ0n) is 19.3. The van der Waals surface area contributed by atoms with Gasteiger partial charge in [-0.3, -0.25) is 4.67 Å². The first-order valence-electron chi connectivity index (χ1n) is 11.5. The molecule has 0 saturated heterocycles. The molecule has 4 aromatic carbocycles. The molecule has 1 atom stereocenters. The molecular weight excluding hydrogens is 437 g/mol. The van der Waals surface area contributed by atoms with Crippen molar-refractivity contribution in [2.75, 3.05) is 13.1 Å². The van der Waals surface area contributed by atoms with Gasteiger partial charge in [-0.15, -0.1) is 0 Å². The summed E-state index contributed by atoms with van der Waals surface area (Å²) in [5.41, 5.74) is 4.80. The van der Waals surface area contributed by atoms with E-state index in [2.05, 4.69) is 140 Å². The largest absolute Gasteiger partial charge is 0.269 e. The van der Waals surface area contributed by atoms with Crippen molar-refractivity contribution >= 4 is 40.3 Å². The van der Waals surface area contributed by atoms with E-state index in [0.29, 0.717) is 0 Å². The standard InChI is InChI=1S/C30H30NPS/c1-3-31(4-2)32(33,27-20-12-7-13-21-27)30-23-15-14-22-28(30)29(26-18-10-6-11-19-26)24-25-16-8-5-9-17-25/h5-24H,3-4H2,1-2H3/b29-24+. The first-order chi connectivity index (χ1) is 16.2. The maximum absolute atomic E-state index is 6.69. The zero-order valence-corrected chi connectivity index (χ0v) is 21.0. The molecule has 166 valence electrons. The molecule has 33 heavy (non-hydrogen) atoms. The summed E-state index contributed by atoms with van der Waals surface area (Å²) in [7, 11) is 0. The van der Waals surface area contributed by atoms with E-state index < -0.39 is 6.19 Å². The Morgan fingerprint density at radius 2 is 1.21 bits per heavy atom. The number of benzene rings is 4. The minimum Gasteiger partial charge on any atom is -0.269 e. The van der Waals surface area contributed by atoms with Gasteiger partial charge in [0, 0.05) is 23.7 Å². The summed E-state index contributed by atoms with van der Waals surface area (Å²) in [4.78, 5) is 0. The first kappa shape index (κ1) is 23.4. The van der Waals surface area contributed by atoms with Crippen LogP contribution in [-0.4, -0.2) is 17.8 Å². The second-order valence-electron chi connectivity index (χ2n) is 7.90. The fourth-order valence-electron chi connectivity index (χ4n) is 4.32. The topological polar surface area (TPSA) is 3.24 Å². The van der Waals surface area contributed by atoms with Gasteiger partial charge in [-0.2, -0.15) is 0 Å². The van der Waals surface area contributed by atoms with Gasteiger partial charge < -0.3 is 0 Å². The molecule has 0 aliphatic carbocycles. The first-order valence-corrected chi connectivity index (χ1v) is 14.3. The van der Waals surface area contributed by atoms with Crippen LogP contribution < -0.4 is 10.6 Å². The predicted octanol–water partition coefficient (Wildman–Crippen LogP) is 6.96. The van der Waals surface area contributed by atoms with Crippen molar-refractivity contribution in [1.29, 1.82) is 0 Å². The maximum atomic E-state index is 6.69. The van der Waals surface area contributed by atoms with E-state index in [1.165, 1.54) is 32.9 Å². The van der Waals surface area contributed by atoms with Gasteiger partial charge in [-0.25, -0.2) is 0 Å². The SMILES string of the molecule is CCN(CC)P(=S)(c1ccccc1)c1ccccc1/C(=C/c1ccccc1)c1ccccc1. The molecule has 1 unspecified atom stereocenters. The van der Waals surface area contributed by atoms with E-state index in [4.69, 9.17) is 11.8 Å². The van der Waals surface area contributed by atoms with Gasteiger partial charge >= 0.3 is 0 Å². The lowest BCUT2D eigenvalue weighted by molar-refractivity contribution is 0.513.